The third-order valence-electron chi connectivity index (χ3n) is 4.44. The van der Waals surface area contributed by atoms with Crippen LogP contribution in [0.1, 0.15) is 45.6 Å². The number of rotatable bonds is 2. The lowest BCUT2D eigenvalue weighted by Crippen LogP contribution is -2.46. The summed E-state index contributed by atoms with van der Waals surface area (Å²) in [6.07, 6.45) is 4.28. The molecular weight excluding hydrogens is 322 g/mol. The number of aryl methyl sites for hydroxylation is 1. The van der Waals surface area contributed by atoms with E-state index in [1.54, 1.807) is 0 Å². The van der Waals surface area contributed by atoms with Gasteiger partial charge in [-0.3, -0.25) is 4.90 Å². The van der Waals surface area contributed by atoms with Crippen molar-refractivity contribution in [2.45, 2.75) is 69.5 Å². The molecule has 0 saturated carbocycles. The van der Waals surface area contributed by atoms with Gasteiger partial charge in [-0.2, -0.15) is 0 Å². The summed E-state index contributed by atoms with van der Waals surface area (Å²) in [5, 5.41) is 0. The van der Waals surface area contributed by atoms with Crippen LogP contribution in [0, 0.1) is 6.92 Å². The van der Waals surface area contributed by atoms with Crippen LogP contribution in [0.4, 0.5) is 4.79 Å². The Morgan fingerprint density at radius 1 is 1.21 bits per heavy atom. The predicted octanol–water partition coefficient (Wildman–Crippen LogP) is 4.16. The molecule has 0 aromatic heterocycles. The van der Waals surface area contributed by atoms with Crippen molar-refractivity contribution >= 4 is 16.9 Å². The first-order valence-electron chi connectivity index (χ1n) is 8.45. The Morgan fingerprint density at radius 3 is 2.46 bits per heavy atom. The lowest BCUT2D eigenvalue weighted by Gasteiger charge is -2.35. The van der Waals surface area contributed by atoms with Gasteiger partial charge >= 0.3 is 6.09 Å². The second-order valence-electron chi connectivity index (χ2n) is 7.61. The van der Waals surface area contributed by atoms with Crippen molar-refractivity contribution in [3.8, 4) is 0 Å². The van der Waals surface area contributed by atoms with Crippen molar-refractivity contribution in [1.29, 1.82) is 0 Å². The first kappa shape index (κ1) is 17.2. The molecule has 1 aromatic rings. The molecule has 3 atom stereocenters. The highest BCUT2D eigenvalue weighted by Gasteiger charge is 2.42. The molecule has 4 nitrogen and oxygen atoms in total. The second-order valence-corrected chi connectivity index (χ2v) is 9.14. The number of carbonyl (C=O) groups excluding carboxylic acids is 1. The molecule has 1 saturated heterocycles. The SMILES string of the molecule is Cc1ccc([S@@](=O)C2=C[C@H]3CC[C@@H](C2)N3C(=O)OC(C)(C)C)cc1. The summed E-state index contributed by atoms with van der Waals surface area (Å²) in [6.45, 7) is 7.66. The van der Waals surface area contributed by atoms with Crippen molar-refractivity contribution in [2.24, 2.45) is 0 Å². The van der Waals surface area contributed by atoms with Crippen LogP contribution < -0.4 is 0 Å². The van der Waals surface area contributed by atoms with E-state index >= 15 is 0 Å². The molecule has 24 heavy (non-hydrogen) atoms. The van der Waals surface area contributed by atoms with Crippen molar-refractivity contribution in [3.63, 3.8) is 0 Å². The summed E-state index contributed by atoms with van der Waals surface area (Å²) in [7, 11) is -1.14. The molecule has 2 aliphatic rings. The molecule has 1 fully saturated rings. The summed E-state index contributed by atoms with van der Waals surface area (Å²) in [5.41, 5.74) is 0.662. The quantitative estimate of drug-likeness (QED) is 0.807. The molecule has 2 heterocycles. The fraction of sp³-hybridized carbons (Fsp3) is 0.526. The molecule has 0 radical (unpaired) electrons. The number of fused-ring (bicyclic) bond motifs is 2. The highest BCUT2D eigenvalue weighted by molar-refractivity contribution is 7.89. The Balaban J connectivity index is 1.78. The average Bonchev–Trinajstić information content (AvgIpc) is 2.76. The van der Waals surface area contributed by atoms with E-state index in [9.17, 15) is 9.00 Å². The number of amides is 1. The van der Waals surface area contributed by atoms with Crippen molar-refractivity contribution < 1.29 is 13.7 Å². The van der Waals surface area contributed by atoms with Gasteiger partial charge in [0.2, 0.25) is 0 Å². The zero-order chi connectivity index (χ0) is 17.5. The number of ether oxygens (including phenoxy) is 1. The Labute approximate surface area is 146 Å². The van der Waals surface area contributed by atoms with Crippen molar-refractivity contribution in [2.75, 3.05) is 0 Å². The largest absolute Gasteiger partial charge is 0.444 e. The first-order chi connectivity index (χ1) is 11.2. The van der Waals surface area contributed by atoms with Gasteiger partial charge in [0.15, 0.2) is 0 Å². The third kappa shape index (κ3) is 3.56. The maximum absolute atomic E-state index is 12.8. The summed E-state index contributed by atoms with van der Waals surface area (Å²) in [6, 6.07) is 7.92. The standard InChI is InChI=1S/C19H25NO3S/c1-13-5-9-16(10-6-13)24(22)17-11-14-7-8-15(12-17)20(14)18(21)23-19(2,3)4/h5-6,9-11,14-15H,7-8,12H2,1-4H3/t14-,15+,24-/m1/s1. The number of hydrogen-bond acceptors (Lipinski definition) is 3. The van der Waals surface area contributed by atoms with Crippen LogP contribution in [0.5, 0.6) is 0 Å². The maximum Gasteiger partial charge on any atom is 0.411 e. The minimum atomic E-state index is -1.14. The average molecular weight is 347 g/mol. The van der Waals surface area contributed by atoms with Gasteiger partial charge in [0, 0.05) is 22.3 Å². The van der Waals surface area contributed by atoms with Gasteiger partial charge in [0.05, 0.1) is 16.8 Å². The zero-order valence-corrected chi connectivity index (χ0v) is 15.6. The first-order valence-corrected chi connectivity index (χ1v) is 9.60. The van der Waals surface area contributed by atoms with Crippen LogP contribution in [0.15, 0.2) is 40.1 Å². The minimum Gasteiger partial charge on any atom is -0.444 e. The van der Waals surface area contributed by atoms with Gasteiger partial charge in [-0.05, 0) is 58.7 Å². The lowest BCUT2D eigenvalue weighted by atomic mass is 10.1. The Hall–Kier alpha value is -1.62. The molecular formula is C19H25NO3S. The minimum absolute atomic E-state index is 0.00278. The lowest BCUT2D eigenvalue weighted by molar-refractivity contribution is 0.0170. The molecule has 1 aromatic carbocycles. The Bertz CT molecular complexity index is 688. The van der Waals surface area contributed by atoms with Crippen LogP contribution in [-0.2, 0) is 15.5 Å². The molecule has 2 bridgehead atoms. The normalized spacial score (nSPS) is 24.5. The van der Waals surface area contributed by atoms with Crippen LogP contribution in [0.25, 0.3) is 0 Å². The van der Waals surface area contributed by atoms with E-state index in [-0.39, 0.29) is 18.2 Å². The van der Waals surface area contributed by atoms with E-state index in [1.807, 2.05) is 62.9 Å². The van der Waals surface area contributed by atoms with Crippen molar-refractivity contribution in [3.05, 3.63) is 40.8 Å². The van der Waals surface area contributed by atoms with Gasteiger partial charge in [-0.1, -0.05) is 17.7 Å². The van der Waals surface area contributed by atoms with Gasteiger partial charge < -0.3 is 4.74 Å². The molecule has 5 heteroatoms. The summed E-state index contributed by atoms with van der Waals surface area (Å²) in [4.78, 5) is 16.1. The molecule has 0 N–H and O–H groups in total. The number of carbonyl (C=O) groups is 1. The van der Waals surface area contributed by atoms with Gasteiger partial charge in [0.25, 0.3) is 0 Å². The highest BCUT2D eigenvalue weighted by atomic mass is 32.2. The summed E-state index contributed by atoms with van der Waals surface area (Å²) in [5.74, 6) is 0. The topological polar surface area (TPSA) is 46.6 Å². The molecule has 130 valence electrons. The Morgan fingerprint density at radius 2 is 1.88 bits per heavy atom. The second kappa shape index (κ2) is 6.36. The summed E-state index contributed by atoms with van der Waals surface area (Å²) >= 11 is 0. The molecule has 0 unspecified atom stereocenters. The van der Waals surface area contributed by atoms with Gasteiger partial charge in [-0.15, -0.1) is 0 Å². The van der Waals surface area contributed by atoms with E-state index in [4.69, 9.17) is 4.74 Å². The van der Waals surface area contributed by atoms with Crippen LogP contribution in [0.3, 0.4) is 0 Å². The van der Waals surface area contributed by atoms with E-state index < -0.39 is 16.4 Å². The molecule has 2 aliphatic heterocycles. The van der Waals surface area contributed by atoms with Gasteiger partial charge in [-0.25, -0.2) is 9.00 Å². The van der Waals surface area contributed by atoms with E-state index in [1.165, 1.54) is 0 Å². The Kier molecular flexibility index (Phi) is 4.56. The smallest absolute Gasteiger partial charge is 0.411 e. The number of benzene rings is 1. The molecule has 0 aliphatic carbocycles. The highest BCUT2D eigenvalue weighted by Crippen LogP contribution is 2.38. The number of hydrogen-bond donors (Lipinski definition) is 0. The summed E-state index contributed by atoms with van der Waals surface area (Å²) < 4.78 is 18.4. The maximum atomic E-state index is 12.8. The van der Waals surface area contributed by atoms with Crippen molar-refractivity contribution in [1.82, 2.24) is 4.90 Å². The number of nitrogens with zero attached hydrogens (tertiary/aromatic N) is 1. The monoisotopic (exact) mass is 347 g/mol. The zero-order valence-electron chi connectivity index (χ0n) is 14.7. The van der Waals surface area contributed by atoms with Crippen LogP contribution >= 0.6 is 0 Å². The van der Waals surface area contributed by atoms with E-state index in [0.29, 0.717) is 6.42 Å². The van der Waals surface area contributed by atoms with Crippen LogP contribution in [-0.4, -0.2) is 32.9 Å². The van der Waals surface area contributed by atoms with Crippen LogP contribution in [0.2, 0.25) is 0 Å². The molecule has 3 rings (SSSR count). The molecule has 0 spiro atoms. The predicted molar refractivity (Wildman–Crippen MR) is 95.2 cm³/mol. The van der Waals surface area contributed by atoms with Gasteiger partial charge in [0.1, 0.15) is 5.60 Å². The van der Waals surface area contributed by atoms with E-state index in [2.05, 4.69) is 0 Å². The fourth-order valence-electron chi connectivity index (χ4n) is 3.34. The third-order valence-corrected chi connectivity index (χ3v) is 5.92. The molecule has 1 amide bonds. The van der Waals surface area contributed by atoms with E-state index in [0.717, 1.165) is 28.2 Å². The fourth-order valence-corrected chi connectivity index (χ4v) is 4.65.